The first-order valence-corrected chi connectivity index (χ1v) is 6.23. The van der Waals surface area contributed by atoms with Gasteiger partial charge in [0.1, 0.15) is 5.41 Å². The molecule has 1 N–H and O–H groups in total. The summed E-state index contributed by atoms with van der Waals surface area (Å²) in [5.74, 6) is -1.10. The topological polar surface area (TPSA) is 69.7 Å². The second kappa shape index (κ2) is 4.63. The molecule has 6 nitrogen and oxygen atoms in total. The third-order valence-electron chi connectivity index (χ3n) is 3.33. The Balaban J connectivity index is 2.54. The number of benzene rings is 1. The summed E-state index contributed by atoms with van der Waals surface area (Å²) >= 11 is 0. The molecule has 20 heavy (non-hydrogen) atoms. The molecule has 1 aliphatic heterocycles. The van der Waals surface area contributed by atoms with E-state index in [0.29, 0.717) is 5.69 Å². The molecule has 6 heteroatoms. The second-order valence-corrected chi connectivity index (χ2v) is 5.41. The van der Waals surface area contributed by atoms with Crippen LogP contribution in [0.15, 0.2) is 24.3 Å². The maximum absolute atomic E-state index is 12.5. The standard InChI is InChI=1S/C14H17N3O3/c1-14(2)11(18)15-13(20)17(12(14)19)10-8-6-5-7-9(10)16(3)4/h5-8H,1-4H3,(H,15,18,20). The zero-order chi connectivity index (χ0) is 15.1. The summed E-state index contributed by atoms with van der Waals surface area (Å²) in [6.07, 6.45) is 0. The number of urea groups is 1. The SMILES string of the molecule is CN(C)c1ccccc1N1C(=O)NC(=O)C(C)(C)C1=O. The fourth-order valence-electron chi connectivity index (χ4n) is 2.03. The molecule has 1 aromatic carbocycles. The quantitative estimate of drug-likeness (QED) is 0.827. The van der Waals surface area contributed by atoms with Gasteiger partial charge in [0, 0.05) is 14.1 Å². The number of imide groups is 2. The minimum absolute atomic E-state index is 0.459. The molecule has 0 spiro atoms. The summed E-state index contributed by atoms with van der Waals surface area (Å²) in [5.41, 5.74) is -0.0883. The van der Waals surface area contributed by atoms with E-state index >= 15 is 0 Å². The number of rotatable bonds is 2. The molecule has 2 rings (SSSR count). The highest BCUT2D eigenvalue weighted by Gasteiger charge is 2.48. The molecule has 0 bridgehead atoms. The molecule has 0 aromatic heterocycles. The zero-order valence-corrected chi connectivity index (χ0v) is 11.9. The Morgan fingerprint density at radius 3 is 2.30 bits per heavy atom. The zero-order valence-electron chi connectivity index (χ0n) is 11.9. The number of hydrogen-bond donors (Lipinski definition) is 1. The second-order valence-electron chi connectivity index (χ2n) is 5.41. The Kier molecular flexibility index (Phi) is 3.25. The van der Waals surface area contributed by atoms with Crippen molar-refractivity contribution in [2.45, 2.75) is 13.8 Å². The summed E-state index contributed by atoms with van der Waals surface area (Å²) in [7, 11) is 3.64. The highest BCUT2D eigenvalue weighted by atomic mass is 16.2. The van der Waals surface area contributed by atoms with Crippen molar-refractivity contribution in [3.8, 4) is 0 Å². The Labute approximate surface area is 117 Å². The first kappa shape index (κ1) is 14.0. The third-order valence-corrected chi connectivity index (χ3v) is 3.33. The van der Waals surface area contributed by atoms with E-state index in [2.05, 4.69) is 5.32 Å². The van der Waals surface area contributed by atoms with Crippen LogP contribution in [0.25, 0.3) is 0 Å². The fourth-order valence-corrected chi connectivity index (χ4v) is 2.03. The van der Waals surface area contributed by atoms with Crippen LogP contribution in [-0.4, -0.2) is 31.9 Å². The summed E-state index contributed by atoms with van der Waals surface area (Å²) < 4.78 is 0. The van der Waals surface area contributed by atoms with Gasteiger partial charge < -0.3 is 4.90 Å². The number of nitrogens with zero attached hydrogens (tertiary/aromatic N) is 2. The van der Waals surface area contributed by atoms with Crippen molar-refractivity contribution < 1.29 is 14.4 Å². The maximum atomic E-state index is 12.5. The molecule has 4 amide bonds. The van der Waals surface area contributed by atoms with E-state index in [-0.39, 0.29) is 0 Å². The van der Waals surface area contributed by atoms with Crippen molar-refractivity contribution in [1.29, 1.82) is 0 Å². The Bertz CT molecular complexity index is 593. The van der Waals surface area contributed by atoms with Crippen LogP contribution in [0, 0.1) is 5.41 Å². The average molecular weight is 275 g/mol. The summed E-state index contributed by atoms with van der Waals surface area (Å²) in [5, 5.41) is 2.22. The van der Waals surface area contributed by atoms with Gasteiger partial charge in [0.15, 0.2) is 0 Å². The van der Waals surface area contributed by atoms with Crippen LogP contribution >= 0.6 is 0 Å². The number of amides is 4. The van der Waals surface area contributed by atoms with Gasteiger partial charge in [-0.25, -0.2) is 9.69 Å². The lowest BCUT2D eigenvalue weighted by Crippen LogP contribution is -2.62. The fraction of sp³-hybridized carbons (Fsp3) is 0.357. The highest BCUT2D eigenvalue weighted by Crippen LogP contribution is 2.33. The van der Waals surface area contributed by atoms with E-state index in [4.69, 9.17) is 0 Å². The highest BCUT2D eigenvalue weighted by molar-refractivity contribution is 6.30. The number of carbonyl (C=O) groups excluding carboxylic acids is 3. The molecule has 0 unspecified atom stereocenters. The molecule has 1 heterocycles. The molecular formula is C14H17N3O3. The van der Waals surface area contributed by atoms with E-state index in [1.165, 1.54) is 13.8 Å². The number of barbiturate groups is 1. The Hall–Kier alpha value is -2.37. The van der Waals surface area contributed by atoms with Crippen molar-refractivity contribution in [1.82, 2.24) is 5.32 Å². The van der Waals surface area contributed by atoms with Crippen molar-refractivity contribution in [3.05, 3.63) is 24.3 Å². The van der Waals surface area contributed by atoms with Crippen LogP contribution in [0.2, 0.25) is 0 Å². The Morgan fingerprint density at radius 1 is 1.10 bits per heavy atom. The van der Waals surface area contributed by atoms with E-state index in [9.17, 15) is 14.4 Å². The predicted molar refractivity (Wildman–Crippen MR) is 75.6 cm³/mol. The predicted octanol–water partition coefficient (Wildman–Crippen LogP) is 1.36. The van der Waals surface area contributed by atoms with E-state index in [0.717, 1.165) is 10.6 Å². The number of hydrogen-bond acceptors (Lipinski definition) is 4. The van der Waals surface area contributed by atoms with E-state index < -0.39 is 23.3 Å². The molecule has 0 aliphatic carbocycles. The van der Waals surface area contributed by atoms with Crippen LogP contribution in [0.4, 0.5) is 16.2 Å². The number of carbonyl (C=O) groups is 3. The number of nitrogens with one attached hydrogen (secondary N) is 1. The maximum Gasteiger partial charge on any atom is 0.335 e. The van der Waals surface area contributed by atoms with Gasteiger partial charge in [-0.15, -0.1) is 0 Å². The minimum atomic E-state index is -1.27. The minimum Gasteiger partial charge on any atom is -0.376 e. The number of anilines is 2. The van der Waals surface area contributed by atoms with Crippen LogP contribution in [-0.2, 0) is 9.59 Å². The lowest BCUT2D eigenvalue weighted by Gasteiger charge is -2.35. The van der Waals surface area contributed by atoms with Crippen LogP contribution in [0.3, 0.4) is 0 Å². The molecule has 0 atom stereocenters. The van der Waals surface area contributed by atoms with Crippen molar-refractivity contribution in [3.63, 3.8) is 0 Å². The van der Waals surface area contributed by atoms with Crippen LogP contribution in [0.5, 0.6) is 0 Å². The van der Waals surface area contributed by atoms with Gasteiger partial charge in [0.25, 0.3) is 0 Å². The normalized spacial score (nSPS) is 18.0. The first-order chi connectivity index (χ1) is 9.26. The summed E-state index contributed by atoms with van der Waals surface area (Å²) in [6.45, 7) is 3.00. The van der Waals surface area contributed by atoms with Gasteiger partial charge in [-0.2, -0.15) is 0 Å². The molecule has 0 radical (unpaired) electrons. The van der Waals surface area contributed by atoms with Gasteiger partial charge in [-0.1, -0.05) is 12.1 Å². The number of para-hydroxylation sites is 2. The summed E-state index contributed by atoms with van der Waals surface area (Å²) in [4.78, 5) is 39.1. The molecule has 106 valence electrons. The molecule has 1 aliphatic rings. The van der Waals surface area contributed by atoms with Crippen molar-refractivity contribution in [2.75, 3.05) is 23.9 Å². The van der Waals surface area contributed by atoms with Crippen molar-refractivity contribution in [2.24, 2.45) is 5.41 Å². The molecule has 1 saturated heterocycles. The van der Waals surface area contributed by atoms with Crippen molar-refractivity contribution >= 4 is 29.2 Å². The van der Waals surface area contributed by atoms with Crippen LogP contribution < -0.4 is 15.1 Å². The molecular weight excluding hydrogens is 258 g/mol. The van der Waals surface area contributed by atoms with Gasteiger partial charge in [-0.3, -0.25) is 14.9 Å². The van der Waals surface area contributed by atoms with Gasteiger partial charge in [0.2, 0.25) is 11.8 Å². The largest absolute Gasteiger partial charge is 0.376 e. The Morgan fingerprint density at radius 2 is 1.70 bits per heavy atom. The van der Waals surface area contributed by atoms with Gasteiger partial charge in [-0.05, 0) is 26.0 Å². The van der Waals surface area contributed by atoms with E-state index in [1.807, 2.05) is 20.2 Å². The smallest absolute Gasteiger partial charge is 0.335 e. The molecule has 0 saturated carbocycles. The average Bonchev–Trinajstić information content (AvgIpc) is 2.37. The molecule has 1 aromatic rings. The van der Waals surface area contributed by atoms with Crippen LogP contribution in [0.1, 0.15) is 13.8 Å². The lowest BCUT2D eigenvalue weighted by molar-refractivity contribution is -0.140. The van der Waals surface area contributed by atoms with Gasteiger partial charge >= 0.3 is 6.03 Å². The van der Waals surface area contributed by atoms with Gasteiger partial charge in [0.05, 0.1) is 11.4 Å². The monoisotopic (exact) mass is 275 g/mol. The lowest BCUT2D eigenvalue weighted by atomic mass is 9.88. The molecule has 1 fully saturated rings. The first-order valence-electron chi connectivity index (χ1n) is 6.23. The summed E-state index contributed by atoms with van der Waals surface area (Å²) in [6, 6.07) is 6.33. The third kappa shape index (κ3) is 2.03. The van der Waals surface area contributed by atoms with E-state index in [1.54, 1.807) is 23.1 Å².